The van der Waals surface area contributed by atoms with Gasteiger partial charge in [0.05, 0.1) is 13.2 Å². The van der Waals surface area contributed by atoms with Crippen molar-refractivity contribution in [3.05, 3.63) is 65.2 Å². The number of hydrogen-bond donors (Lipinski definition) is 1. The van der Waals surface area contributed by atoms with E-state index in [9.17, 15) is 4.39 Å². The summed E-state index contributed by atoms with van der Waals surface area (Å²) in [5.74, 6) is 1.00. The van der Waals surface area contributed by atoms with Gasteiger partial charge < -0.3 is 14.9 Å². The Balaban J connectivity index is 2.05. The molecule has 1 heterocycles. The fourth-order valence-electron chi connectivity index (χ4n) is 2.42. The van der Waals surface area contributed by atoms with Gasteiger partial charge in [0.1, 0.15) is 22.9 Å². The second kappa shape index (κ2) is 5.22. The molecule has 0 spiro atoms. The maximum absolute atomic E-state index is 13.2. The minimum absolute atomic E-state index is 0.295. The van der Waals surface area contributed by atoms with E-state index in [0.29, 0.717) is 22.5 Å². The molecule has 0 saturated carbocycles. The number of hydrogen-bond acceptors (Lipinski definition) is 3. The Hall–Kier alpha value is -2.33. The molecule has 2 N–H and O–H groups in total. The third-order valence-corrected chi connectivity index (χ3v) is 3.53. The maximum atomic E-state index is 13.2. The Morgan fingerprint density at radius 3 is 2.71 bits per heavy atom. The van der Waals surface area contributed by atoms with Gasteiger partial charge in [-0.25, -0.2) is 4.39 Å². The van der Waals surface area contributed by atoms with Gasteiger partial charge in [-0.05, 0) is 42.8 Å². The first-order valence-electron chi connectivity index (χ1n) is 6.67. The first-order valence-corrected chi connectivity index (χ1v) is 6.67. The Morgan fingerprint density at radius 2 is 1.95 bits per heavy atom. The molecule has 3 aromatic rings. The van der Waals surface area contributed by atoms with Crippen molar-refractivity contribution in [2.24, 2.45) is 5.73 Å². The fourth-order valence-corrected chi connectivity index (χ4v) is 2.42. The van der Waals surface area contributed by atoms with Crippen molar-refractivity contribution in [1.82, 2.24) is 0 Å². The second-order valence-electron chi connectivity index (χ2n) is 5.05. The minimum Gasteiger partial charge on any atom is -0.496 e. The number of methoxy groups -OCH3 is 1. The van der Waals surface area contributed by atoms with Crippen LogP contribution in [-0.2, 0) is 0 Å². The summed E-state index contributed by atoms with van der Waals surface area (Å²) in [6.07, 6.45) is 0. The third-order valence-electron chi connectivity index (χ3n) is 3.53. The maximum Gasteiger partial charge on any atom is 0.134 e. The molecule has 108 valence electrons. The van der Waals surface area contributed by atoms with Crippen LogP contribution in [-0.4, -0.2) is 7.11 Å². The largest absolute Gasteiger partial charge is 0.496 e. The average Bonchev–Trinajstić information content (AvgIpc) is 2.89. The van der Waals surface area contributed by atoms with Gasteiger partial charge in [0.15, 0.2) is 0 Å². The van der Waals surface area contributed by atoms with Crippen LogP contribution in [0.1, 0.15) is 22.9 Å². The summed E-state index contributed by atoms with van der Waals surface area (Å²) in [6, 6.07) is 11.5. The topological polar surface area (TPSA) is 48.4 Å². The van der Waals surface area contributed by atoms with Crippen molar-refractivity contribution in [3.8, 4) is 5.75 Å². The lowest BCUT2D eigenvalue weighted by atomic mass is 10.0. The number of fused-ring (bicyclic) bond motifs is 1. The first-order chi connectivity index (χ1) is 10.1. The van der Waals surface area contributed by atoms with E-state index in [-0.39, 0.29) is 5.82 Å². The van der Waals surface area contributed by atoms with E-state index in [0.717, 1.165) is 11.1 Å². The van der Waals surface area contributed by atoms with Gasteiger partial charge in [0.25, 0.3) is 0 Å². The van der Waals surface area contributed by atoms with Crippen molar-refractivity contribution in [2.75, 3.05) is 7.11 Å². The minimum atomic E-state index is -0.462. The Morgan fingerprint density at radius 1 is 1.14 bits per heavy atom. The van der Waals surface area contributed by atoms with Crippen molar-refractivity contribution in [1.29, 1.82) is 0 Å². The summed E-state index contributed by atoms with van der Waals surface area (Å²) in [4.78, 5) is 0. The Labute approximate surface area is 122 Å². The number of nitrogens with two attached hydrogens (primary N) is 1. The van der Waals surface area contributed by atoms with Crippen LogP contribution < -0.4 is 10.5 Å². The molecule has 0 aliphatic heterocycles. The van der Waals surface area contributed by atoms with Crippen LogP contribution in [0, 0.1) is 12.7 Å². The normalized spacial score (nSPS) is 12.6. The molecule has 0 fully saturated rings. The molecule has 4 heteroatoms. The highest BCUT2D eigenvalue weighted by Gasteiger charge is 2.18. The lowest BCUT2D eigenvalue weighted by Crippen LogP contribution is -2.12. The second-order valence-corrected chi connectivity index (χ2v) is 5.05. The number of aryl methyl sites for hydroxylation is 1. The van der Waals surface area contributed by atoms with Crippen LogP contribution in [0.15, 0.2) is 46.9 Å². The molecule has 0 saturated heterocycles. The molecule has 1 aromatic heterocycles. The zero-order chi connectivity index (χ0) is 15.0. The zero-order valence-electron chi connectivity index (χ0n) is 11.9. The van der Waals surface area contributed by atoms with Crippen molar-refractivity contribution in [3.63, 3.8) is 0 Å². The van der Waals surface area contributed by atoms with Crippen molar-refractivity contribution >= 4 is 11.0 Å². The van der Waals surface area contributed by atoms with Gasteiger partial charge in [-0.2, -0.15) is 0 Å². The van der Waals surface area contributed by atoms with E-state index in [1.54, 1.807) is 19.2 Å². The molecular formula is C17H16FNO2. The monoisotopic (exact) mass is 285 g/mol. The summed E-state index contributed by atoms with van der Waals surface area (Å²) in [7, 11) is 1.61. The van der Waals surface area contributed by atoms with Gasteiger partial charge in [-0.1, -0.05) is 12.1 Å². The fraction of sp³-hybridized carbons (Fsp3) is 0.176. The molecular weight excluding hydrogens is 269 g/mol. The van der Waals surface area contributed by atoms with Gasteiger partial charge in [0.2, 0.25) is 0 Å². The highest BCUT2D eigenvalue weighted by molar-refractivity contribution is 5.78. The quantitative estimate of drug-likeness (QED) is 0.793. The molecule has 21 heavy (non-hydrogen) atoms. The molecule has 0 aliphatic carbocycles. The predicted molar refractivity (Wildman–Crippen MR) is 79.9 cm³/mol. The molecule has 1 atom stereocenters. The van der Waals surface area contributed by atoms with Gasteiger partial charge in [-0.3, -0.25) is 0 Å². The molecule has 0 bridgehead atoms. The molecule has 3 nitrogen and oxygen atoms in total. The van der Waals surface area contributed by atoms with E-state index in [2.05, 4.69) is 0 Å². The Kier molecular flexibility index (Phi) is 3.39. The number of rotatable bonds is 3. The van der Waals surface area contributed by atoms with E-state index < -0.39 is 6.04 Å². The molecule has 0 aliphatic rings. The Bertz CT molecular complexity index is 795. The first kappa shape index (κ1) is 13.6. The molecule has 1 unspecified atom stereocenters. The lowest BCUT2D eigenvalue weighted by Gasteiger charge is -2.14. The summed E-state index contributed by atoms with van der Waals surface area (Å²) in [5.41, 5.74) is 8.82. The van der Waals surface area contributed by atoms with Crippen LogP contribution in [0.25, 0.3) is 11.0 Å². The standard InChI is InChI=1S/C17H16FNO2/c1-10-3-5-13(15(7-10)20-2)17(19)16-9-11-8-12(18)4-6-14(11)21-16/h3-9,17H,19H2,1-2H3. The van der Waals surface area contributed by atoms with E-state index in [1.807, 2.05) is 25.1 Å². The van der Waals surface area contributed by atoms with Crippen molar-refractivity contribution < 1.29 is 13.5 Å². The lowest BCUT2D eigenvalue weighted by molar-refractivity contribution is 0.404. The SMILES string of the molecule is COc1cc(C)ccc1C(N)c1cc2cc(F)ccc2o1. The zero-order valence-corrected chi connectivity index (χ0v) is 11.9. The van der Waals surface area contributed by atoms with Gasteiger partial charge in [-0.15, -0.1) is 0 Å². The molecule has 0 radical (unpaired) electrons. The van der Waals surface area contributed by atoms with Crippen LogP contribution >= 0.6 is 0 Å². The van der Waals surface area contributed by atoms with E-state index >= 15 is 0 Å². The smallest absolute Gasteiger partial charge is 0.134 e. The number of ether oxygens (including phenoxy) is 1. The molecule has 3 rings (SSSR count). The summed E-state index contributed by atoms with van der Waals surface area (Å²) in [6.45, 7) is 1.99. The van der Waals surface area contributed by atoms with Crippen LogP contribution in [0.4, 0.5) is 4.39 Å². The van der Waals surface area contributed by atoms with Crippen LogP contribution in [0.5, 0.6) is 5.75 Å². The molecule has 2 aromatic carbocycles. The van der Waals surface area contributed by atoms with Crippen molar-refractivity contribution in [2.45, 2.75) is 13.0 Å². The summed E-state index contributed by atoms with van der Waals surface area (Å²) < 4.78 is 24.3. The summed E-state index contributed by atoms with van der Waals surface area (Å²) in [5, 5.41) is 0.700. The molecule has 0 amide bonds. The number of benzene rings is 2. The highest BCUT2D eigenvalue weighted by Crippen LogP contribution is 2.32. The predicted octanol–water partition coefficient (Wildman–Crippen LogP) is 3.94. The van der Waals surface area contributed by atoms with E-state index in [1.165, 1.54) is 12.1 Å². The van der Waals surface area contributed by atoms with Crippen LogP contribution in [0.3, 0.4) is 0 Å². The van der Waals surface area contributed by atoms with E-state index in [4.69, 9.17) is 14.9 Å². The van der Waals surface area contributed by atoms with Gasteiger partial charge >= 0.3 is 0 Å². The number of halogens is 1. The number of furan rings is 1. The van der Waals surface area contributed by atoms with Gasteiger partial charge in [0, 0.05) is 10.9 Å². The summed E-state index contributed by atoms with van der Waals surface area (Å²) >= 11 is 0. The van der Waals surface area contributed by atoms with Crippen LogP contribution in [0.2, 0.25) is 0 Å². The third kappa shape index (κ3) is 2.50. The highest BCUT2D eigenvalue weighted by atomic mass is 19.1. The average molecular weight is 285 g/mol.